The number of aryl methyl sites for hydroxylation is 1. The molecule has 6 nitrogen and oxygen atoms in total. The van der Waals surface area contributed by atoms with Crippen molar-refractivity contribution in [3.05, 3.63) is 11.7 Å². The first-order valence-corrected chi connectivity index (χ1v) is 6.90. The number of fused-ring (bicyclic) bond motifs is 1. The molecule has 0 radical (unpaired) electrons. The fraction of sp³-hybridized carbons (Fsp3) is 0.769. The van der Waals surface area contributed by atoms with Gasteiger partial charge in [-0.25, -0.2) is 0 Å². The van der Waals surface area contributed by atoms with Crippen LogP contribution in [0.5, 0.6) is 0 Å². The normalized spacial score (nSPS) is 31.1. The summed E-state index contributed by atoms with van der Waals surface area (Å²) in [7, 11) is 0. The number of aromatic nitrogens is 2. The Morgan fingerprint density at radius 1 is 1.47 bits per heavy atom. The molecule has 1 aliphatic heterocycles. The van der Waals surface area contributed by atoms with Crippen molar-refractivity contribution in [1.82, 2.24) is 15.0 Å². The summed E-state index contributed by atoms with van der Waals surface area (Å²) in [4.78, 5) is 18.0. The molecular weight excluding hydrogens is 246 g/mol. The molecule has 1 aliphatic carbocycles. The van der Waals surface area contributed by atoms with Gasteiger partial charge >= 0.3 is 0 Å². The molecule has 2 atom stereocenters. The summed E-state index contributed by atoms with van der Waals surface area (Å²) in [6.45, 7) is 2.84. The van der Waals surface area contributed by atoms with Gasteiger partial charge in [-0.2, -0.15) is 4.98 Å². The summed E-state index contributed by atoms with van der Waals surface area (Å²) in [6, 6.07) is 0. The zero-order valence-electron chi connectivity index (χ0n) is 11.1. The number of rotatable bonds is 1. The van der Waals surface area contributed by atoms with E-state index < -0.39 is 5.60 Å². The van der Waals surface area contributed by atoms with Gasteiger partial charge in [0, 0.05) is 25.9 Å². The molecular formula is C13H19N3O3. The quantitative estimate of drug-likeness (QED) is 0.823. The molecule has 1 saturated carbocycles. The molecule has 1 saturated heterocycles. The summed E-state index contributed by atoms with van der Waals surface area (Å²) in [5.74, 6) is 0.518. The third-order valence-corrected chi connectivity index (χ3v) is 4.43. The predicted molar refractivity (Wildman–Crippen MR) is 66.5 cm³/mol. The van der Waals surface area contributed by atoms with Gasteiger partial charge in [0.15, 0.2) is 0 Å². The van der Waals surface area contributed by atoms with Gasteiger partial charge in [0.05, 0.1) is 5.60 Å². The van der Waals surface area contributed by atoms with Gasteiger partial charge in [-0.3, -0.25) is 4.79 Å². The van der Waals surface area contributed by atoms with Crippen LogP contribution in [0.2, 0.25) is 0 Å². The number of carbonyl (C=O) groups is 1. The van der Waals surface area contributed by atoms with E-state index in [-0.39, 0.29) is 17.6 Å². The number of carbonyl (C=O) groups excluding carboxylic acids is 1. The maximum Gasteiger partial charge on any atom is 0.295 e. The van der Waals surface area contributed by atoms with Crippen LogP contribution in [0.1, 0.15) is 48.6 Å². The van der Waals surface area contributed by atoms with Crippen LogP contribution in [0.4, 0.5) is 0 Å². The average molecular weight is 265 g/mol. The van der Waals surface area contributed by atoms with E-state index in [1.54, 1.807) is 11.8 Å². The van der Waals surface area contributed by atoms with E-state index in [9.17, 15) is 9.90 Å². The predicted octanol–water partition coefficient (Wildman–Crippen LogP) is 1.15. The molecule has 0 bridgehead atoms. The van der Waals surface area contributed by atoms with E-state index in [1.807, 2.05) is 0 Å². The molecule has 2 fully saturated rings. The number of piperidine rings is 1. The van der Waals surface area contributed by atoms with Gasteiger partial charge in [0.2, 0.25) is 5.89 Å². The van der Waals surface area contributed by atoms with Gasteiger partial charge in [-0.15, -0.1) is 0 Å². The van der Waals surface area contributed by atoms with Gasteiger partial charge in [-0.1, -0.05) is 18.0 Å². The van der Waals surface area contributed by atoms with Crippen LogP contribution in [0.3, 0.4) is 0 Å². The topological polar surface area (TPSA) is 79.5 Å². The average Bonchev–Trinajstić information content (AvgIpc) is 2.83. The lowest BCUT2D eigenvalue weighted by atomic mass is 9.71. The molecule has 104 valence electrons. The molecule has 2 aliphatic rings. The largest absolute Gasteiger partial charge is 0.389 e. The van der Waals surface area contributed by atoms with E-state index in [4.69, 9.17) is 4.52 Å². The molecule has 0 spiro atoms. The van der Waals surface area contributed by atoms with Crippen molar-refractivity contribution in [1.29, 1.82) is 0 Å². The summed E-state index contributed by atoms with van der Waals surface area (Å²) in [5.41, 5.74) is -0.567. The van der Waals surface area contributed by atoms with E-state index in [0.717, 1.165) is 25.7 Å². The molecule has 2 heterocycles. The maximum absolute atomic E-state index is 12.3. The smallest absolute Gasteiger partial charge is 0.295 e. The third kappa shape index (κ3) is 2.25. The van der Waals surface area contributed by atoms with Crippen molar-refractivity contribution in [2.45, 2.75) is 44.6 Å². The lowest BCUT2D eigenvalue weighted by Crippen LogP contribution is -2.54. The first-order valence-electron chi connectivity index (χ1n) is 6.90. The number of nitrogens with zero attached hydrogens (tertiary/aromatic N) is 3. The van der Waals surface area contributed by atoms with Gasteiger partial charge in [0.1, 0.15) is 0 Å². The Labute approximate surface area is 111 Å². The van der Waals surface area contributed by atoms with Crippen molar-refractivity contribution in [2.75, 3.05) is 13.1 Å². The molecule has 1 amide bonds. The van der Waals surface area contributed by atoms with Crippen LogP contribution in [0.15, 0.2) is 4.52 Å². The van der Waals surface area contributed by atoms with Crippen LogP contribution >= 0.6 is 0 Å². The van der Waals surface area contributed by atoms with Gasteiger partial charge < -0.3 is 14.5 Å². The lowest BCUT2D eigenvalue weighted by Gasteiger charge is -2.47. The van der Waals surface area contributed by atoms with Crippen molar-refractivity contribution in [2.24, 2.45) is 5.92 Å². The number of aliphatic hydroxyl groups is 1. The number of amides is 1. The summed E-state index contributed by atoms with van der Waals surface area (Å²) < 4.78 is 4.84. The Balaban J connectivity index is 1.72. The highest BCUT2D eigenvalue weighted by atomic mass is 16.5. The monoisotopic (exact) mass is 265 g/mol. The van der Waals surface area contributed by atoms with Crippen LogP contribution in [0, 0.1) is 12.8 Å². The number of likely N-dealkylation sites (tertiary alicyclic amines) is 1. The van der Waals surface area contributed by atoms with Crippen molar-refractivity contribution >= 4 is 5.91 Å². The summed E-state index contributed by atoms with van der Waals surface area (Å²) in [5, 5.41) is 14.2. The summed E-state index contributed by atoms with van der Waals surface area (Å²) in [6.07, 6.45) is 4.73. The van der Waals surface area contributed by atoms with E-state index in [2.05, 4.69) is 10.1 Å². The zero-order valence-corrected chi connectivity index (χ0v) is 11.1. The maximum atomic E-state index is 12.3. The Hall–Kier alpha value is -1.43. The minimum Gasteiger partial charge on any atom is -0.389 e. The molecule has 0 aromatic carbocycles. The number of hydrogen-bond donors (Lipinski definition) is 1. The van der Waals surface area contributed by atoms with Crippen molar-refractivity contribution in [3.63, 3.8) is 0 Å². The Morgan fingerprint density at radius 3 is 3.05 bits per heavy atom. The SMILES string of the molecule is Cc1nc(C(=O)N2CCC3(O)CCCCC3C2)no1. The minimum absolute atomic E-state index is 0.124. The van der Waals surface area contributed by atoms with Crippen LogP contribution in [-0.2, 0) is 0 Å². The van der Waals surface area contributed by atoms with E-state index in [0.29, 0.717) is 25.4 Å². The second-order valence-corrected chi connectivity index (χ2v) is 5.68. The lowest BCUT2D eigenvalue weighted by molar-refractivity contribution is -0.0887. The van der Waals surface area contributed by atoms with Gasteiger partial charge in [0.25, 0.3) is 11.7 Å². The Morgan fingerprint density at radius 2 is 2.32 bits per heavy atom. The molecule has 3 rings (SSSR count). The van der Waals surface area contributed by atoms with E-state index >= 15 is 0 Å². The Bertz CT molecular complexity index is 487. The fourth-order valence-electron chi connectivity index (χ4n) is 3.28. The highest BCUT2D eigenvalue weighted by molar-refractivity contribution is 5.90. The molecule has 6 heteroatoms. The number of hydrogen-bond acceptors (Lipinski definition) is 5. The second-order valence-electron chi connectivity index (χ2n) is 5.68. The molecule has 1 N–H and O–H groups in total. The standard InChI is InChI=1S/C13H19N3O3/c1-9-14-11(15-19-9)12(17)16-7-6-13(18)5-3-2-4-10(13)8-16/h10,18H,2-8H2,1H3. The van der Waals surface area contributed by atoms with Crippen molar-refractivity contribution < 1.29 is 14.4 Å². The van der Waals surface area contributed by atoms with Gasteiger partial charge in [-0.05, 0) is 19.3 Å². The van der Waals surface area contributed by atoms with Crippen molar-refractivity contribution in [3.8, 4) is 0 Å². The Kier molecular flexibility index (Phi) is 3.05. The van der Waals surface area contributed by atoms with Crippen LogP contribution in [0.25, 0.3) is 0 Å². The highest BCUT2D eigenvalue weighted by Crippen LogP contribution is 2.39. The fourth-order valence-corrected chi connectivity index (χ4v) is 3.28. The zero-order chi connectivity index (χ0) is 13.5. The third-order valence-electron chi connectivity index (χ3n) is 4.43. The van der Waals surface area contributed by atoms with Crippen LogP contribution < -0.4 is 0 Å². The molecule has 1 aromatic heterocycles. The first-order chi connectivity index (χ1) is 9.08. The summed E-state index contributed by atoms with van der Waals surface area (Å²) >= 11 is 0. The molecule has 19 heavy (non-hydrogen) atoms. The van der Waals surface area contributed by atoms with E-state index in [1.165, 1.54) is 0 Å². The second kappa shape index (κ2) is 4.59. The first kappa shape index (κ1) is 12.6. The molecule has 1 aromatic rings. The minimum atomic E-state index is -0.567. The van der Waals surface area contributed by atoms with Crippen LogP contribution in [-0.4, -0.2) is 44.7 Å². The molecule has 2 unspecified atom stereocenters. The highest BCUT2D eigenvalue weighted by Gasteiger charge is 2.44.